The Labute approximate surface area is 226 Å². The Kier molecular flexibility index (Phi) is 7.11. The van der Waals surface area contributed by atoms with Crippen molar-refractivity contribution in [3.8, 4) is 41.2 Å². The molecule has 0 aliphatic rings. The number of methoxy groups -OCH3 is 2. The summed E-state index contributed by atoms with van der Waals surface area (Å²) in [6, 6.07) is 7.54. The fourth-order valence-electron chi connectivity index (χ4n) is 3.70. The Morgan fingerprint density at radius 3 is 1.68 bits per heavy atom. The van der Waals surface area contributed by atoms with Gasteiger partial charge in [-0.3, -0.25) is 0 Å². The van der Waals surface area contributed by atoms with Crippen LogP contribution in [0.5, 0.6) is 23.5 Å². The molecule has 0 atom stereocenters. The van der Waals surface area contributed by atoms with Crippen molar-refractivity contribution in [1.29, 1.82) is 5.26 Å². The molecule has 2 N–H and O–H groups in total. The number of aromatic nitrogens is 8. The van der Waals surface area contributed by atoms with E-state index in [-0.39, 0.29) is 56.0 Å². The van der Waals surface area contributed by atoms with Crippen LogP contribution in [0.3, 0.4) is 0 Å². The molecule has 0 fully saturated rings. The smallest absolute Gasteiger partial charge is 0.299 e. The molecule has 196 valence electrons. The van der Waals surface area contributed by atoms with Crippen molar-refractivity contribution in [3.63, 3.8) is 0 Å². The normalized spacial score (nSPS) is 11.5. The van der Waals surface area contributed by atoms with Crippen molar-refractivity contribution in [1.82, 2.24) is 39.1 Å². The molecule has 4 aromatic heterocycles. The number of rotatable bonds is 7. The van der Waals surface area contributed by atoms with E-state index in [4.69, 9.17) is 21.3 Å². The standard InChI is InChI=1S/C22H24N10O4.Pt/c1-21(2,31-19(35-6)10-15(27-31)29-17(33)8-13(12-23)25-29)22(3,4)32-20(36-7)11-16(28-32)30-18(34)9-14(24-5)26-30;/h8-11,33-34H,1-4,6-7H3;. The molecule has 14 nitrogen and oxygen atoms in total. The summed E-state index contributed by atoms with van der Waals surface area (Å²) in [5.74, 6) is 0.784. The number of ether oxygens (including phenoxy) is 2. The predicted molar refractivity (Wildman–Crippen MR) is 125 cm³/mol. The van der Waals surface area contributed by atoms with E-state index in [1.165, 1.54) is 26.4 Å². The van der Waals surface area contributed by atoms with E-state index in [0.29, 0.717) is 11.8 Å². The number of nitriles is 1. The summed E-state index contributed by atoms with van der Waals surface area (Å²) in [5, 5.41) is 46.9. The van der Waals surface area contributed by atoms with Gasteiger partial charge >= 0.3 is 0 Å². The van der Waals surface area contributed by atoms with Gasteiger partial charge in [0.05, 0.1) is 25.3 Å². The van der Waals surface area contributed by atoms with Crippen LogP contribution in [0.4, 0.5) is 5.82 Å². The Morgan fingerprint density at radius 1 is 0.838 bits per heavy atom. The van der Waals surface area contributed by atoms with Crippen LogP contribution in [0.1, 0.15) is 33.4 Å². The van der Waals surface area contributed by atoms with Gasteiger partial charge < -0.3 is 24.5 Å². The van der Waals surface area contributed by atoms with Crippen molar-refractivity contribution in [3.05, 3.63) is 41.4 Å². The predicted octanol–water partition coefficient (Wildman–Crippen LogP) is 2.47. The summed E-state index contributed by atoms with van der Waals surface area (Å²) in [4.78, 5) is 3.24. The molecule has 0 spiro atoms. The number of hydrogen-bond acceptors (Lipinski definition) is 9. The second-order valence-corrected chi connectivity index (χ2v) is 8.83. The summed E-state index contributed by atoms with van der Waals surface area (Å²) in [5.41, 5.74) is -1.65. The SMILES string of the molecule is [C-]#[N+]c1cc(O)n(-c2cc(OC)n(C(C)(C)C(C)(C)n3nc(-n4nc(C#N)cc4O)cc3OC)n2)n1.[Pt]. The molecule has 0 aliphatic heterocycles. The van der Waals surface area contributed by atoms with Crippen molar-refractivity contribution in [2.75, 3.05) is 14.2 Å². The molecule has 4 heterocycles. The van der Waals surface area contributed by atoms with Crippen LogP contribution < -0.4 is 9.47 Å². The van der Waals surface area contributed by atoms with Crippen LogP contribution in [0.15, 0.2) is 24.3 Å². The maximum atomic E-state index is 10.2. The van der Waals surface area contributed by atoms with Gasteiger partial charge in [0, 0.05) is 45.3 Å². The Bertz CT molecular complexity index is 1410. The second kappa shape index (κ2) is 9.63. The quantitative estimate of drug-likeness (QED) is 0.279. The van der Waals surface area contributed by atoms with Crippen LogP contribution in [0.2, 0.25) is 0 Å². The number of nitrogens with zero attached hydrogens (tertiary/aromatic N) is 10. The Morgan fingerprint density at radius 2 is 1.30 bits per heavy atom. The van der Waals surface area contributed by atoms with Crippen molar-refractivity contribution in [2.45, 2.75) is 38.8 Å². The molecular formula is C22H24N10O4Pt. The maximum Gasteiger partial charge on any atom is 0.299 e. The molecule has 0 aromatic carbocycles. The second-order valence-electron chi connectivity index (χ2n) is 8.83. The average Bonchev–Trinajstić information content (AvgIpc) is 3.62. The summed E-state index contributed by atoms with van der Waals surface area (Å²) in [7, 11) is 2.99. The van der Waals surface area contributed by atoms with Crippen LogP contribution in [0.25, 0.3) is 16.5 Å². The molecular weight excluding hydrogens is 663 g/mol. The van der Waals surface area contributed by atoms with Crippen LogP contribution in [-0.2, 0) is 32.1 Å². The third kappa shape index (κ3) is 4.30. The molecule has 0 saturated carbocycles. The molecule has 15 heteroatoms. The van der Waals surface area contributed by atoms with E-state index in [9.17, 15) is 10.2 Å². The first kappa shape index (κ1) is 27.3. The topological polar surface area (TPSA) is 158 Å². The summed E-state index contributed by atoms with van der Waals surface area (Å²) in [6.07, 6.45) is 0. The summed E-state index contributed by atoms with van der Waals surface area (Å²) in [6.45, 7) is 14.8. The Hall–Kier alpha value is -4.29. The molecule has 0 unspecified atom stereocenters. The first-order valence-corrected chi connectivity index (χ1v) is 10.6. The van der Waals surface area contributed by atoms with Crippen LogP contribution >= 0.6 is 0 Å². The van der Waals surface area contributed by atoms with Crippen molar-refractivity contribution in [2.24, 2.45) is 0 Å². The van der Waals surface area contributed by atoms with E-state index in [0.717, 1.165) is 9.36 Å². The van der Waals surface area contributed by atoms with Gasteiger partial charge in [-0.05, 0) is 32.8 Å². The van der Waals surface area contributed by atoms with Crippen molar-refractivity contribution >= 4 is 5.82 Å². The molecule has 0 aliphatic carbocycles. The van der Waals surface area contributed by atoms with E-state index in [2.05, 4.69) is 25.2 Å². The third-order valence-electron chi connectivity index (χ3n) is 6.33. The summed E-state index contributed by atoms with van der Waals surface area (Å²) < 4.78 is 16.7. The average molecular weight is 688 g/mol. The van der Waals surface area contributed by atoms with Gasteiger partial charge in [0.15, 0.2) is 11.5 Å². The zero-order valence-electron chi connectivity index (χ0n) is 20.8. The van der Waals surface area contributed by atoms with Crippen LogP contribution in [-0.4, -0.2) is 63.6 Å². The van der Waals surface area contributed by atoms with Gasteiger partial charge in [-0.2, -0.15) is 15.0 Å². The fourth-order valence-corrected chi connectivity index (χ4v) is 3.70. The molecule has 37 heavy (non-hydrogen) atoms. The van der Waals surface area contributed by atoms with E-state index < -0.39 is 11.1 Å². The summed E-state index contributed by atoms with van der Waals surface area (Å²) >= 11 is 0. The number of hydrogen-bond donors (Lipinski definition) is 2. The van der Waals surface area contributed by atoms with Gasteiger partial charge in [0.25, 0.3) is 5.82 Å². The number of aromatic hydroxyl groups is 2. The van der Waals surface area contributed by atoms with Gasteiger partial charge in [-0.25, -0.2) is 9.36 Å². The minimum Gasteiger partial charge on any atom is -0.493 e. The Balaban J connectivity index is 0.00000380. The minimum absolute atomic E-state index is 0. The first-order valence-electron chi connectivity index (χ1n) is 10.6. The van der Waals surface area contributed by atoms with Gasteiger partial charge in [0.2, 0.25) is 29.3 Å². The third-order valence-corrected chi connectivity index (χ3v) is 6.33. The molecule has 0 amide bonds. The van der Waals surface area contributed by atoms with Gasteiger partial charge in [0.1, 0.15) is 6.07 Å². The fraction of sp³-hybridized carbons (Fsp3) is 0.364. The largest absolute Gasteiger partial charge is 0.493 e. The maximum absolute atomic E-state index is 10.2. The molecule has 4 rings (SSSR count). The molecule has 0 radical (unpaired) electrons. The molecule has 0 bridgehead atoms. The zero-order valence-corrected chi connectivity index (χ0v) is 23.1. The van der Waals surface area contributed by atoms with E-state index in [1.807, 2.05) is 33.8 Å². The first-order chi connectivity index (χ1) is 17.0. The van der Waals surface area contributed by atoms with E-state index in [1.54, 1.807) is 21.5 Å². The zero-order chi connectivity index (χ0) is 26.4. The molecule has 4 aromatic rings. The van der Waals surface area contributed by atoms with Gasteiger partial charge in [-0.15, -0.1) is 14.9 Å². The van der Waals surface area contributed by atoms with Crippen molar-refractivity contribution < 1.29 is 40.8 Å². The van der Waals surface area contributed by atoms with Crippen LogP contribution in [0, 0.1) is 17.9 Å². The van der Waals surface area contributed by atoms with E-state index >= 15 is 0 Å². The minimum atomic E-state index is -0.845. The monoisotopic (exact) mass is 687 g/mol. The van der Waals surface area contributed by atoms with Gasteiger partial charge in [-0.1, -0.05) is 6.57 Å². The molecule has 0 saturated heterocycles.